The van der Waals surface area contributed by atoms with Crippen LogP contribution in [0.5, 0.6) is 5.75 Å². The standard InChI is InChI=1S/C11H12FNO/c1-13-7-3-2-4-9-5-6-10(12)11(14)8-9/h5-6,8,13-14H,3,7H2,1H3. The molecule has 1 rings (SSSR count). The fourth-order valence-electron chi connectivity index (χ4n) is 0.942. The average molecular weight is 193 g/mol. The van der Waals surface area contributed by atoms with Crippen molar-refractivity contribution in [3.63, 3.8) is 0 Å². The van der Waals surface area contributed by atoms with E-state index in [-0.39, 0.29) is 5.75 Å². The van der Waals surface area contributed by atoms with Crippen molar-refractivity contribution in [2.75, 3.05) is 13.6 Å². The molecule has 2 nitrogen and oxygen atoms in total. The van der Waals surface area contributed by atoms with Crippen LogP contribution in [-0.4, -0.2) is 18.7 Å². The van der Waals surface area contributed by atoms with E-state index in [0.717, 1.165) is 13.0 Å². The van der Waals surface area contributed by atoms with Gasteiger partial charge in [0.25, 0.3) is 0 Å². The molecule has 0 atom stereocenters. The molecular formula is C11H12FNO. The SMILES string of the molecule is CNCCC#Cc1ccc(F)c(O)c1. The lowest BCUT2D eigenvalue weighted by molar-refractivity contribution is 0.432. The molecule has 0 aliphatic rings. The van der Waals surface area contributed by atoms with E-state index >= 15 is 0 Å². The number of hydrogen-bond donors (Lipinski definition) is 2. The summed E-state index contributed by atoms with van der Waals surface area (Å²) in [5.41, 5.74) is 0.625. The zero-order valence-corrected chi connectivity index (χ0v) is 7.97. The van der Waals surface area contributed by atoms with Crippen LogP contribution in [0.2, 0.25) is 0 Å². The third kappa shape index (κ3) is 3.08. The Hall–Kier alpha value is -1.53. The molecule has 0 spiro atoms. The second-order valence-corrected chi connectivity index (χ2v) is 2.82. The van der Waals surface area contributed by atoms with E-state index in [1.807, 2.05) is 7.05 Å². The molecular weight excluding hydrogens is 181 g/mol. The van der Waals surface area contributed by atoms with Crippen LogP contribution in [0.3, 0.4) is 0 Å². The zero-order valence-electron chi connectivity index (χ0n) is 7.97. The van der Waals surface area contributed by atoms with E-state index < -0.39 is 5.82 Å². The Labute approximate surface area is 82.8 Å². The predicted octanol–water partition coefficient (Wildman–Crippen LogP) is 1.49. The Morgan fingerprint density at radius 1 is 1.50 bits per heavy atom. The molecule has 3 heteroatoms. The quantitative estimate of drug-likeness (QED) is 0.551. The van der Waals surface area contributed by atoms with Gasteiger partial charge in [0.1, 0.15) is 0 Å². The number of rotatable bonds is 2. The summed E-state index contributed by atoms with van der Waals surface area (Å²) in [4.78, 5) is 0. The highest BCUT2D eigenvalue weighted by atomic mass is 19.1. The number of aromatic hydroxyl groups is 1. The van der Waals surface area contributed by atoms with E-state index in [1.165, 1.54) is 12.1 Å². The third-order valence-electron chi connectivity index (χ3n) is 1.68. The predicted molar refractivity (Wildman–Crippen MR) is 53.5 cm³/mol. The van der Waals surface area contributed by atoms with Gasteiger partial charge >= 0.3 is 0 Å². The molecule has 0 unspecified atom stereocenters. The molecule has 0 fully saturated rings. The van der Waals surface area contributed by atoms with Gasteiger partial charge in [-0.3, -0.25) is 0 Å². The van der Waals surface area contributed by atoms with E-state index in [1.54, 1.807) is 6.07 Å². The minimum Gasteiger partial charge on any atom is -0.505 e. The lowest BCUT2D eigenvalue weighted by Gasteiger charge is -1.94. The second kappa shape index (κ2) is 5.25. The summed E-state index contributed by atoms with van der Waals surface area (Å²) in [7, 11) is 1.85. The number of benzene rings is 1. The smallest absolute Gasteiger partial charge is 0.164 e. The number of nitrogens with one attached hydrogen (secondary N) is 1. The van der Waals surface area contributed by atoms with Gasteiger partial charge in [-0.2, -0.15) is 0 Å². The van der Waals surface area contributed by atoms with E-state index in [4.69, 9.17) is 5.11 Å². The molecule has 0 bridgehead atoms. The maximum Gasteiger partial charge on any atom is 0.164 e. The summed E-state index contributed by atoms with van der Waals surface area (Å²) in [5, 5.41) is 12.0. The first-order valence-electron chi connectivity index (χ1n) is 4.36. The molecule has 0 radical (unpaired) electrons. The summed E-state index contributed by atoms with van der Waals surface area (Å²) >= 11 is 0. The molecule has 1 aromatic rings. The van der Waals surface area contributed by atoms with Crippen LogP contribution in [0.15, 0.2) is 18.2 Å². The highest BCUT2D eigenvalue weighted by Crippen LogP contribution is 2.15. The van der Waals surface area contributed by atoms with Crippen molar-refractivity contribution in [1.82, 2.24) is 5.32 Å². The summed E-state index contributed by atoms with van der Waals surface area (Å²) in [6.45, 7) is 0.820. The van der Waals surface area contributed by atoms with Gasteiger partial charge < -0.3 is 10.4 Å². The largest absolute Gasteiger partial charge is 0.505 e. The molecule has 0 aliphatic heterocycles. The Balaban J connectivity index is 2.66. The fourth-order valence-corrected chi connectivity index (χ4v) is 0.942. The van der Waals surface area contributed by atoms with Crippen LogP contribution in [0.25, 0.3) is 0 Å². The molecule has 0 saturated heterocycles. The molecule has 0 heterocycles. The summed E-state index contributed by atoms with van der Waals surface area (Å²) in [5.74, 6) is 4.76. The minimum absolute atomic E-state index is 0.356. The summed E-state index contributed by atoms with van der Waals surface area (Å²) < 4.78 is 12.6. The molecule has 74 valence electrons. The molecule has 1 aromatic carbocycles. The zero-order chi connectivity index (χ0) is 10.4. The maximum absolute atomic E-state index is 12.6. The molecule has 0 aromatic heterocycles. The molecule has 0 saturated carbocycles. The summed E-state index contributed by atoms with van der Waals surface area (Å²) in [6, 6.07) is 4.07. The van der Waals surface area contributed by atoms with Crippen LogP contribution in [0, 0.1) is 17.7 Å². The first-order valence-corrected chi connectivity index (χ1v) is 4.36. The van der Waals surface area contributed by atoms with Crippen molar-refractivity contribution in [3.8, 4) is 17.6 Å². The van der Waals surface area contributed by atoms with Gasteiger partial charge in [-0.15, -0.1) is 0 Å². The van der Waals surface area contributed by atoms with E-state index in [9.17, 15) is 4.39 Å². The van der Waals surface area contributed by atoms with E-state index in [0.29, 0.717) is 5.56 Å². The van der Waals surface area contributed by atoms with Gasteiger partial charge in [0.15, 0.2) is 11.6 Å². The normalized spacial score (nSPS) is 9.29. The Morgan fingerprint density at radius 2 is 2.29 bits per heavy atom. The Bertz CT molecular complexity index is 365. The highest BCUT2D eigenvalue weighted by Gasteiger charge is 1.98. The van der Waals surface area contributed by atoms with Crippen LogP contribution in [-0.2, 0) is 0 Å². The van der Waals surface area contributed by atoms with Crippen molar-refractivity contribution in [1.29, 1.82) is 0 Å². The average Bonchev–Trinajstić information content (AvgIpc) is 2.18. The van der Waals surface area contributed by atoms with Crippen molar-refractivity contribution < 1.29 is 9.50 Å². The lowest BCUT2D eigenvalue weighted by atomic mass is 10.2. The maximum atomic E-state index is 12.6. The van der Waals surface area contributed by atoms with E-state index in [2.05, 4.69) is 17.2 Å². The van der Waals surface area contributed by atoms with Crippen molar-refractivity contribution in [2.24, 2.45) is 0 Å². The topological polar surface area (TPSA) is 32.3 Å². The van der Waals surface area contributed by atoms with Gasteiger partial charge in [-0.1, -0.05) is 11.8 Å². The van der Waals surface area contributed by atoms with Crippen molar-refractivity contribution in [2.45, 2.75) is 6.42 Å². The highest BCUT2D eigenvalue weighted by molar-refractivity contribution is 5.39. The Kier molecular flexibility index (Phi) is 3.96. The van der Waals surface area contributed by atoms with Gasteiger partial charge in [-0.05, 0) is 25.2 Å². The third-order valence-corrected chi connectivity index (χ3v) is 1.68. The summed E-state index contributed by atoms with van der Waals surface area (Å²) in [6.07, 6.45) is 0.731. The first kappa shape index (κ1) is 10.6. The monoisotopic (exact) mass is 193 g/mol. The lowest BCUT2D eigenvalue weighted by Crippen LogP contribution is -2.05. The molecule has 2 N–H and O–H groups in total. The fraction of sp³-hybridized carbons (Fsp3) is 0.273. The molecule has 0 aliphatic carbocycles. The minimum atomic E-state index is -0.620. The first-order chi connectivity index (χ1) is 6.74. The Morgan fingerprint density at radius 3 is 2.93 bits per heavy atom. The van der Waals surface area contributed by atoms with Crippen LogP contribution in [0.4, 0.5) is 4.39 Å². The van der Waals surface area contributed by atoms with Gasteiger partial charge in [0.2, 0.25) is 0 Å². The van der Waals surface area contributed by atoms with Crippen molar-refractivity contribution in [3.05, 3.63) is 29.6 Å². The van der Waals surface area contributed by atoms with Crippen molar-refractivity contribution >= 4 is 0 Å². The van der Waals surface area contributed by atoms with Crippen LogP contribution < -0.4 is 5.32 Å². The van der Waals surface area contributed by atoms with Crippen LogP contribution in [0.1, 0.15) is 12.0 Å². The van der Waals surface area contributed by atoms with Gasteiger partial charge in [0.05, 0.1) is 0 Å². The van der Waals surface area contributed by atoms with Crippen LogP contribution >= 0.6 is 0 Å². The second-order valence-electron chi connectivity index (χ2n) is 2.82. The number of phenols is 1. The molecule has 0 amide bonds. The molecule has 14 heavy (non-hydrogen) atoms. The number of phenolic OH excluding ortho intramolecular Hbond substituents is 1. The number of hydrogen-bond acceptors (Lipinski definition) is 2. The number of halogens is 1. The van der Waals surface area contributed by atoms with Gasteiger partial charge in [-0.25, -0.2) is 4.39 Å². The van der Waals surface area contributed by atoms with Gasteiger partial charge in [0, 0.05) is 18.5 Å².